The third-order valence-electron chi connectivity index (χ3n) is 4.64. The van der Waals surface area contributed by atoms with E-state index < -0.39 is 21.7 Å². The molecule has 1 heterocycles. The Morgan fingerprint density at radius 1 is 1.17 bits per heavy atom. The fourth-order valence-electron chi connectivity index (χ4n) is 3.19. The number of carbonyl (C=O) groups excluding carboxylic acids is 1. The predicted octanol–water partition coefficient (Wildman–Crippen LogP) is -0.494. The summed E-state index contributed by atoms with van der Waals surface area (Å²) in [7, 11) is -3.54. The van der Waals surface area contributed by atoms with Crippen LogP contribution in [0.5, 0.6) is 0 Å². The Morgan fingerprint density at radius 3 is 2.48 bits per heavy atom. The highest BCUT2D eigenvalue weighted by atomic mass is 32.2. The molecule has 2 fully saturated rings. The maximum atomic E-state index is 12.1. The summed E-state index contributed by atoms with van der Waals surface area (Å²) in [6.45, 7) is 7.32. The van der Waals surface area contributed by atoms with Crippen molar-refractivity contribution in [1.29, 1.82) is 0 Å². The molecule has 1 saturated heterocycles. The zero-order valence-corrected chi connectivity index (χ0v) is 14.8. The van der Waals surface area contributed by atoms with E-state index in [0.717, 1.165) is 58.4 Å². The lowest BCUT2D eigenvalue weighted by molar-refractivity contribution is -0.118. The molecule has 3 N–H and O–H groups in total. The molecule has 8 heteroatoms. The summed E-state index contributed by atoms with van der Waals surface area (Å²) in [6.07, 6.45) is 3.82. The van der Waals surface area contributed by atoms with Crippen LogP contribution < -0.4 is 15.4 Å². The summed E-state index contributed by atoms with van der Waals surface area (Å²) in [6, 6.07) is -0.00940. The van der Waals surface area contributed by atoms with Crippen molar-refractivity contribution in [1.82, 2.24) is 20.3 Å². The molecule has 0 unspecified atom stereocenters. The van der Waals surface area contributed by atoms with Crippen LogP contribution in [0.3, 0.4) is 0 Å². The number of rotatable bonds is 7. The van der Waals surface area contributed by atoms with Crippen LogP contribution in [-0.2, 0) is 14.8 Å². The molecule has 0 aromatic carbocycles. The van der Waals surface area contributed by atoms with Crippen LogP contribution in [0.1, 0.15) is 32.6 Å². The first-order valence-corrected chi connectivity index (χ1v) is 10.3. The fraction of sp³-hybridized carbons (Fsp3) is 0.933. The number of hydrogen-bond donors (Lipinski definition) is 3. The Hall–Kier alpha value is -0.700. The van der Waals surface area contributed by atoms with E-state index in [4.69, 9.17) is 0 Å². The van der Waals surface area contributed by atoms with Crippen LogP contribution in [0.2, 0.25) is 0 Å². The standard InChI is InChI=1S/C15H30N4O3S/c1-13-2-4-14(5-3-13)18-23(21,22)12-15(20)17-8-11-19-9-6-16-7-10-19/h13-14,16,18H,2-12H2,1H3,(H,17,20). The second-order valence-corrected chi connectivity index (χ2v) is 8.53. The molecule has 23 heavy (non-hydrogen) atoms. The molecule has 0 spiro atoms. The summed E-state index contributed by atoms with van der Waals surface area (Å²) >= 11 is 0. The zero-order chi connectivity index (χ0) is 16.7. The summed E-state index contributed by atoms with van der Waals surface area (Å²) in [5.74, 6) is -0.221. The summed E-state index contributed by atoms with van der Waals surface area (Å²) in [5.41, 5.74) is 0. The number of carbonyl (C=O) groups is 1. The molecule has 134 valence electrons. The third kappa shape index (κ3) is 7.15. The van der Waals surface area contributed by atoms with Gasteiger partial charge < -0.3 is 10.6 Å². The van der Waals surface area contributed by atoms with Crippen molar-refractivity contribution < 1.29 is 13.2 Å². The smallest absolute Gasteiger partial charge is 0.236 e. The highest BCUT2D eigenvalue weighted by Gasteiger charge is 2.24. The minimum atomic E-state index is -3.54. The van der Waals surface area contributed by atoms with Gasteiger partial charge in [0.15, 0.2) is 0 Å². The van der Waals surface area contributed by atoms with Crippen LogP contribution in [-0.4, -0.2) is 70.3 Å². The first kappa shape index (κ1) is 18.6. The van der Waals surface area contributed by atoms with Crippen molar-refractivity contribution in [2.24, 2.45) is 5.92 Å². The third-order valence-corrected chi connectivity index (χ3v) is 5.98. The monoisotopic (exact) mass is 346 g/mol. The van der Waals surface area contributed by atoms with E-state index in [-0.39, 0.29) is 6.04 Å². The second-order valence-electron chi connectivity index (χ2n) is 6.78. The second kappa shape index (κ2) is 8.96. The van der Waals surface area contributed by atoms with E-state index in [9.17, 15) is 13.2 Å². The normalized spacial score (nSPS) is 26.8. The van der Waals surface area contributed by atoms with Gasteiger partial charge in [0.05, 0.1) is 0 Å². The quantitative estimate of drug-likeness (QED) is 0.578. The maximum Gasteiger partial charge on any atom is 0.236 e. The number of nitrogens with zero attached hydrogens (tertiary/aromatic N) is 1. The van der Waals surface area contributed by atoms with Crippen molar-refractivity contribution in [2.45, 2.75) is 38.6 Å². The number of nitrogens with one attached hydrogen (secondary N) is 3. The molecule has 2 aliphatic rings. The van der Waals surface area contributed by atoms with Gasteiger partial charge in [0, 0.05) is 45.3 Å². The molecule has 0 atom stereocenters. The molecule has 1 amide bonds. The SMILES string of the molecule is CC1CCC(NS(=O)(=O)CC(=O)NCCN2CCNCC2)CC1. The Labute approximate surface area is 139 Å². The average molecular weight is 346 g/mol. The van der Waals surface area contributed by atoms with E-state index in [1.165, 1.54) is 0 Å². The van der Waals surface area contributed by atoms with Gasteiger partial charge in [0.1, 0.15) is 5.75 Å². The minimum absolute atomic E-state index is 0.00940. The van der Waals surface area contributed by atoms with Crippen LogP contribution >= 0.6 is 0 Å². The van der Waals surface area contributed by atoms with Crippen LogP contribution in [0.15, 0.2) is 0 Å². The minimum Gasteiger partial charge on any atom is -0.354 e. The lowest BCUT2D eigenvalue weighted by atomic mass is 9.88. The Balaban J connectivity index is 1.64. The molecule has 7 nitrogen and oxygen atoms in total. The van der Waals surface area contributed by atoms with Gasteiger partial charge in [-0.05, 0) is 31.6 Å². The van der Waals surface area contributed by atoms with Crippen molar-refractivity contribution in [3.8, 4) is 0 Å². The van der Waals surface area contributed by atoms with E-state index in [0.29, 0.717) is 12.5 Å². The molecular weight excluding hydrogens is 316 g/mol. The van der Waals surface area contributed by atoms with E-state index >= 15 is 0 Å². The van der Waals surface area contributed by atoms with Crippen molar-refractivity contribution in [3.05, 3.63) is 0 Å². The first-order chi connectivity index (χ1) is 10.9. The van der Waals surface area contributed by atoms with Crippen LogP contribution in [0.25, 0.3) is 0 Å². The molecule has 0 aromatic heterocycles. The lowest BCUT2D eigenvalue weighted by Gasteiger charge is -2.27. The molecule has 1 aliphatic carbocycles. The van der Waals surface area contributed by atoms with E-state index in [1.54, 1.807) is 0 Å². The summed E-state index contributed by atoms with van der Waals surface area (Å²) in [5, 5.41) is 5.98. The van der Waals surface area contributed by atoms with Crippen LogP contribution in [0.4, 0.5) is 0 Å². The fourth-order valence-corrected chi connectivity index (χ4v) is 4.46. The zero-order valence-electron chi connectivity index (χ0n) is 14.0. The van der Waals surface area contributed by atoms with Gasteiger partial charge in [-0.15, -0.1) is 0 Å². The Kier molecular flexibility index (Phi) is 7.26. The maximum absolute atomic E-state index is 12.1. The highest BCUT2D eigenvalue weighted by Crippen LogP contribution is 2.23. The average Bonchev–Trinajstić information content (AvgIpc) is 2.50. The molecule has 0 aromatic rings. The topological polar surface area (TPSA) is 90.5 Å². The van der Waals surface area contributed by atoms with Crippen molar-refractivity contribution in [3.63, 3.8) is 0 Å². The van der Waals surface area contributed by atoms with Gasteiger partial charge in [0.25, 0.3) is 0 Å². The number of hydrogen-bond acceptors (Lipinski definition) is 5. The molecule has 1 saturated carbocycles. The molecule has 0 radical (unpaired) electrons. The van der Waals surface area contributed by atoms with Gasteiger partial charge in [0.2, 0.25) is 15.9 Å². The molecule has 1 aliphatic heterocycles. The van der Waals surface area contributed by atoms with Crippen LogP contribution in [0, 0.1) is 5.92 Å². The van der Waals surface area contributed by atoms with Crippen molar-refractivity contribution in [2.75, 3.05) is 45.0 Å². The summed E-state index contributed by atoms with van der Waals surface area (Å²) in [4.78, 5) is 14.1. The molecule has 0 bridgehead atoms. The number of piperazine rings is 1. The van der Waals surface area contributed by atoms with Gasteiger partial charge in [-0.1, -0.05) is 6.92 Å². The summed E-state index contributed by atoms with van der Waals surface area (Å²) < 4.78 is 26.8. The highest BCUT2D eigenvalue weighted by molar-refractivity contribution is 7.90. The molecule has 2 rings (SSSR count). The van der Waals surface area contributed by atoms with E-state index in [1.807, 2.05) is 0 Å². The first-order valence-electron chi connectivity index (χ1n) is 8.64. The van der Waals surface area contributed by atoms with E-state index in [2.05, 4.69) is 27.2 Å². The Morgan fingerprint density at radius 2 is 1.83 bits per heavy atom. The van der Waals surface area contributed by atoms with Gasteiger partial charge in [-0.3, -0.25) is 9.69 Å². The Bertz CT molecular complexity index is 469. The van der Waals surface area contributed by atoms with Gasteiger partial charge in [-0.2, -0.15) is 0 Å². The van der Waals surface area contributed by atoms with Gasteiger partial charge >= 0.3 is 0 Å². The largest absolute Gasteiger partial charge is 0.354 e. The lowest BCUT2D eigenvalue weighted by Crippen LogP contribution is -2.47. The van der Waals surface area contributed by atoms with Gasteiger partial charge in [-0.25, -0.2) is 13.1 Å². The molecular formula is C15H30N4O3S. The number of sulfonamides is 1. The predicted molar refractivity (Wildman–Crippen MR) is 90.7 cm³/mol. The number of amides is 1. The van der Waals surface area contributed by atoms with Crippen molar-refractivity contribution >= 4 is 15.9 Å².